The van der Waals surface area contributed by atoms with Gasteiger partial charge >= 0.3 is 0 Å². The van der Waals surface area contributed by atoms with Gasteiger partial charge in [-0.15, -0.1) is 0 Å². The first-order valence-electron chi connectivity index (χ1n) is 9.76. The fraction of sp³-hybridized carbons (Fsp3) is 0.522. The number of rotatable bonds is 1. The van der Waals surface area contributed by atoms with Crippen molar-refractivity contribution >= 4 is 17.3 Å². The second kappa shape index (κ2) is 5.79. The molecule has 1 saturated carbocycles. The molecule has 0 aromatic heterocycles. The van der Waals surface area contributed by atoms with E-state index in [1.807, 2.05) is 27.7 Å². The standard InChI is InChI=1S/C23H26O5/c1-21(2)9-15(25)19-16(10-21)28-23(17(26)11-22(3,4)12-18(23)27)20(19)13-5-7-14(24)8-6-13/h5-8,20,24H,9-12H2,1-4H3. The van der Waals surface area contributed by atoms with Gasteiger partial charge in [-0.05, 0) is 28.5 Å². The number of allylic oxidation sites excluding steroid dienone is 1. The molecule has 5 nitrogen and oxygen atoms in total. The van der Waals surface area contributed by atoms with Crippen LogP contribution in [0.25, 0.3) is 0 Å². The summed E-state index contributed by atoms with van der Waals surface area (Å²) < 4.78 is 6.21. The van der Waals surface area contributed by atoms with Gasteiger partial charge in [0, 0.05) is 31.3 Å². The van der Waals surface area contributed by atoms with E-state index in [1.54, 1.807) is 12.1 Å². The number of hydrogen-bond donors (Lipinski definition) is 1. The highest BCUT2D eigenvalue weighted by Crippen LogP contribution is 2.57. The second-order valence-corrected chi connectivity index (χ2v) is 10.0. The molecule has 148 valence electrons. The Kier molecular flexibility index (Phi) is 3.91. The summed E-state index contributed by atoms with van der Waals surface area (Å²) in [5.41, 5.74) is -1.24. The Bertz CT molecular complexity index is 897. The normalized spacial score (nSPS) is 27.7. The van der Waals surface area contributed by atoms with Gasteiger partial charge in [0.2, 0.25) is 5.60 Å². The third-order valence-electron chi connectivity index (χ3n) is 6.19. The van der Waals surface area contributed by atoms with Crippen LogP contribution < -0.4 is 0 Å². The van der Waals surface area contributed by atoms with Crippen LogP contribution in [0.5, 0.6) is 5.75 Å². The van der Waals surface area contributed by atoms with Crippen molar-refractivity contribution in [3.05, 3.63) is 41.2 Å². The summed E-state index contributed by atoms with van der Waals surface area (Å²) in [6.45, 7) is 7.79. The number of benzene rings is 1. The van der Waals surface area contributed by atoms with Gasteiger partial charge in [0.15, 0.2) is 17.3 Å². The Hall–Kier alpha value is -2.43. The van der Waals surface area contributed by atoms with Crippen molar-refractivity contribution in [1.29, 1.82) is 0 Å². The van der Waals surface area contributed by atoms with Crippen LogP contribution in [0.15, 0.2) is 35.6 Å². The van der Waals surface area contributed by atoms with Gasteiger partial charge in [-0.1, -0.05) is 39.8 Å². The van der Waals surface area contributed by atoms with Crippen LogP contribution in [0.2, 0.25) is 0 Å². The van der Waals surface area contributed by atoms with Crippen LogP contribution >= 0.6 is 0 Å². The highest BCUT2D eigenvalue weighted by atomic mass is 16.5. The molecule has 28 heavy (non-hydrogen) atoms. The largest absolute Gasteiger partial charge is 0.508 e. The van der Waals surface area contributed by atoms with E-state index in [0.717, 1.165) is 0 Å². The lowest BCUT2D eigenvalue weighted by atomic mass is 9.61. The Morgan fingerprint density at radius 3 is 1.96 bits per heavy atom. The minimum atomic E-state index is -1.66. The van der Waals surface area contributed by atoms with E-state index in [4.69, 9.17) is 4.74 Å². The maximum absolute atomic E-state index is 13.4. The monoisotopic (exact) mass is 382 g/mol. The molecule has 1 aromatic rings. The van der Waals surface area contributed by atoms with Crippen molar-refractivity contribution in [1.82, 2.24) is 0 Å². The highest BCUT2D eigenvalue weighted by molar-refractivity contribution is 6.17. The smallest absolute Gasteiger partial charge is 0.234 e. The number of phenolic OH excluding ortho intramolecular Hbond substituents is 1. The van der Waals surface area contributed by atoms with Crippen LogP contribution in [-0.4, -0.2) is 28.1 Å². The summed E-state index contributed by atoms with van der Waals surface area (Å²) in [5.74, 6) is -0.752. The molecular weight excluding hydrogens is 356 g/mol. The van der Waals surface area contributed by atoms with Crippen LogP contribution in [-0.2, 0) is 19.1 Å². The van der Waals surface area contributed by atoms with Gasteiger partial charge in [-0.3, -0.25) is 14.4 Å². The number of phenols is 1. The lowest BCUT2D eigenvalue weighted by Crippen LogP contribution is -2.57. The molecule has 1 fully saturated rings. The minimum Gasteiger partial charge on any atom is -0.508 e. The Morgan fingerprint density at radius 1 is 0.857 bits per heavy atom. The average molecular weight is 382 g/mol. The quantitative estimate of drug-likeness (QED) is 0.746. The number of ketones is 3. The van der Waals surface area contributed by atoms with Gasteiger partial charge in [-0.25, -0.2) is 0 Å². The molecule has 0 bridgehead atoms. The Balaban J connectivity index is 1.90. The van der Waals surface area contributed by atoms with Crippen LogP contribution in [0.3, 0.4) is 0 Å². The summed E-state index contributed by atoms with van der Waals surface area (Å²) >= 11 is 0. The first-order valence-corrected chi connectivity index (χ1v) is 9.76. The van der Waals surface area contributed by atoms with Crippen molar-refractivity contribution in [2.24, 2.45) is 10.8 Å². The molecule has 0 saturated heterocycles. The molecule has 4 rings (SSSR count). The molecule has 1 atom stereocenters. The second-order valence-electron chi connectivity index (χ2n) is 10.0. The zero-order valence-electron chi connectivity index (χ0n) is 16.8. The van der Waals surface area contributed by atoms with Crippen molar-refractivity contribution in [2.45, 2.75) is 64.9 Å². The molecule has 1 aromatic carbocycles. The molecule has 1 aliphatic heterocycles. The third kappa shape index (κ3) is 2.71. The van der Waals surface area contributed by atoms with Gasteiger partial charge in [0.05, 0.1) is 5.92 Å². The van der Waals surface area contributed by atoms with Crippen molar-refractivity contribution in [3.8, 4) is 5.75 Å². The number of carbonyl (C=O) groups is 3. The highest BCUT2D eigenvalue weighted by Gasteiger charge is 2.65. The van der Waals surface area contributed by atoms with E-state index >= 15 is 0 Å². The first-order chi connectivity index (χ1) is 13.0. The lowest BCUT2D eigenvalue weighted by Gasteiger charge is -2.41. The van der Waals surface area contributed by atoms with Crippen LogP contribution in [0.1, 0.15) is 64.9 Å². The third-order valence-corrected chi connectivity index (χ3v) is 6.19. The zero-order valence-corrected chi connectivity index (χ0v) is 16.8. The Morgan fingerprint density at radius 2 is 1.39 bits per heavy atom. The molecule has 1 spiro atoms. The molecule has 5 heteroatoms. The fourth-order valence-electron chi connectivity index (χ4n) is 5.00. The van der Waals surface area contributed by atoms with E-state index in [-0.39, 0.29) is 41.4 Å². The Labute approximate surface area is 164 Å². The molecule has 0 amide bonds. The van der Waals surface area contributed by atoms with Crippen molar-refractivity contribution in [2.75, 3.05) is 0 Å². The van der Waals surface area contributed by atoms with Crippen LogP contribution in [0, 0.1) is 10.8 Å². The summed E-state index contributed by atoms with van der Waals surface area (Å²) in [4.78, 5) is 39.8. The molecular formula is C23H26O5. The molecule has 1 N–H and O–H groups in total. The summed E-state index contributed by atoms with van der Waals surface area (Å²) in [6.07, 6.45) is 1.33. The lowest BCUT2D eigenvalue weighted by molar-refractivity contribution is -0.160. The van der Waals surface area contributed by atoms with Gasteiger partial charge in [0.1, 0.15) is 11.5 Å². The van der Waals surface area contributed by atoms with Crippen molar-refractivity contribution < 1.29 is 24.2 Å². The topological polar surface area (TPSA) is 80.7 Å². The van der Waals surface area contributed by atoms with E-state index in [0.29, 0.717) is 29.7 Å². The number of aromatic hydroxyl groups is 1. The molecule has 1 heterocycles. The summed E-state index contributed by atoms with van der Waals surface area (Å²) in [7, 11) is 0. The van der Waals surface area contributed by atoms with E-state index in [2.05, 4.69) is 0 Å². The number of ether oxygens (including phenoxy) is 1. The number of hydrogen-bond acceptors (Lipinski definition) is 5. The molecule has 3 aliphatic rings. The van der Waals surface area contributed by atoms with E-state index in [9.17, 15) is 19.5 Å². The van der Waals surface area contributed by atoms with Gasteiger partial charge in [-0.2, -0.15) is 0 Å². The predicted octanol–water partition coefficient (Wildman–Crippen LogP) is 3.85. The summed E-state index contributed by atoms with van der Waals surface area (Å²) in [5, 5.41) is 9.68. The zero-order chi connectivity index (χ0) is 20.5. The van der Waals surface area contributed by atoms with Crippen LogP contribution in [0.4, 0.5) is 0 Å². The fourth-order valence-corrected chi connectivity index (χ4v) is 5.00. The molecule has 0 radical (unpaired) electrons. The molecule has 1 unspecified atom stereocenters. The number of carbonyl (C=O) groups excluding carboxylic acids is 3. The van der Waals surface area contributed by atoms with Gasteiger partial charge < -0.3 is 9.84 Å². The average Bonchev–Trinajstić information content (AvgIpc) is 2.88. The maximum atomic E-state index is 13.4. The first kappa shape index (κ1) is 18.9. The van der Waals surface area contributed by atoms with E-state index < -0.39 is 16.9 Å². The van der Waals surface area contributed by atoms with E-state index in [1.165, 1.54) is 12.1 Å². The minimum absolute atomic E-state index is 0.0633. The van der Waals surface area contributed by atoms with Crippen molar-refractivity contribution in [3.63, 3.8) is 0 Å². The molecule has 2 aliphatic carbocycles. The summed E-state index contributed by atoms with van der Waals surface area (Å²) in [6, 6.07) is 6.38. The number of Topliss-reactive ketones (excluding diaryl/α,β-unsaturated/α-hetero) is 3. The van der Waals surface area contributed by atoms with Gasteiger partial charge in [0.25, 0.3) is 0 Å². The maximum Gasteiger partial charge on any atom is 0.234 e. The predicted molar refractivity (Wildman–Crippen MR) is 103 cm³/mol. The SMILES string of the molecule is CC1(C)CC(=O)C2(OC3=C(C(=O)CC(C)(C)C3)C2c2ccc(O)cc2)C(=O)C1.